The Morgan fingerprint density at radius 2 is 2.19 bits per heavy atom. The summed E-state index contributed by atoms with van der Waals surface area (Å²) in [7, 11) is 1.64. The van der Waals surface area contributed by atoms with E-state index in [1.807, 2.05) is 12.1 Å². The molecule has 0 atom stereocenters. The molecule has 16 heavy (non-hydrogen) atoms. The average Bonchev–Trinajstić information content (AvgIpc) is 2.33. The lowest BCUT2D eigenvalue weighted by molar-refractivity contribution is 0.356. The molecule has 1 saturated heterocycles. The van der Waals surface area contributed by atoms with Crippen LogP contribution in [0.1, 0.15) is 18.4 Å². The molecule has 1 aliphatic heterocycles. The second kappa shape index (κ2) is 5.51. The molecule has 0 unspecified atom stereocenters. The summed E-state index contributed by atoms with van der Waals surface area (Å²) >= 11 is 5.84. The van der Waals surface area contributed by atoms with Crippen LogP contribution in [0.3, 0.4) is 0 Å². The summed E-state index contributed by atoms with van der Waals surface area (Å²) in [6, 6.07) is 3.86. The molecule has 88 valence electrons. The van der Waals surface area contributed by atoms with E-state index in [4.69, 9.17) is 16.3 Å². The molecule has 0 amide bonds. The Morgan fingerprint density at radius 3 is 2.88 bits per heavy atom. The zero-order chi connectivity index (χ0) is 11.4. The molecule has 1 N–H and O–H groups in total. The molecule has 2 rings (SSSR count). The van der Waals surface area contributed by atoms with Gasteiger partial charge >= 0.3 is 0 Å². The van der Waals surface area contributed by atoms with Gasteiger partial charge in [-0.05, 0) is 44.3 Å². The van der Waals surface area contributed by atoms with E-state index in [9.17, 15) is 0 Å². The third-order valence-electron chi connectivity index (χ3n) is 3.07. The van der Waals surface area contributed by atoms with Crippen LogP contribution in [0.25, 0.3) is 0 Å². The van der Waals surface area contributed by atoms with Crippen LogP contribution in [0.15, 0.2) is 12.1 Å². The number of halogens is 1. The molecule has 0 saturated carbocycles. The van der Waals surface area contributed by atoms with Crippen molar-refractivity contribution in [2.24, 2.45) is 5.92 Å². The number of pyridine rings is 1. The van der Waals surface area contributed by atoms with Crippen molar-refractivity contribution >= 4 is 11.6 Å². The van der Waals surface area contributed by atoms with Crippen LogP contribution in [-0.2, 0) is 6.42 Å². The first kappa shape index (κ1) is 11.7. The van der Waals surface area contributed by atoms with Crippen molar-refractivity contribution < 1.29 is 4.74 Å². The van der Waals surface area contributed by atoms with Gasteiger partial charge in [0.05, 0.1) is 7.11 Å². The Labute approximate surface area is 101 Å². The Balaban J connectivity index is 2.07. The highest BCUT2D eigenvalue weighted by Gasteiger charge is 2.16. The molecule has 4 heteroatoms. The molecular weight excluding hydrogens is 224 g/mol. The molecule has 3 nitrogen and oxygen atoms in total. The van der Waals surface area contributed by atoms with Crippen molar-refractivity contribution in [3.05, 3.63) is 22.8 Å². The van der Waals surface area contributed by atoms with Gasteiger partial charge in [0.15, 0.2) is 0 Å². The monoisotopic (exact) mass is 240 g/mol. The predicted octanol–water partition coefficient (Wildman–Crippen LogP) is 2.29. The van der Waals surface area contributed by atoms with Crippen LogP contribution in [-0.4, -0.2) is 25.2 Å². The smallest absolute Gasteiger partial charge is 0.217 e. The van der Waals surface area contributed by atoms with E-state index in [0.717, 1.165) is 25.4 Å². The number of hydrogen-bond donors (Lipinski definition) is 1. The lowest BCUT2D eigenvalue weighted by atomic mass is 9.91. The van der Waals surface area contributed by atoms with Crippen LogP contribution < -0.4 is 10.1 Å². The summed E-state index contributed by atoms with van der Waals surface area (Å²) in [6.07, 6.45) is 3.49. The fraction of sp³-hybridized carbons (Fsp3) is 0.583. The van der Waals surface area contributed by atoms with E-state index in [-0.39, 0.29) is 0 Å². The van der Waals surface area contributed by atoms with Gasteiger partial charge in [0.25, 0.3) is 0 Å². The van der Waals surface area contributed by atoms with Gasteiger partial charge in [-0.3, -0.25) is 0 Å². The molecule has 0 spiro atoms. The predicted molar refractivity (Wildman–Crippen MR) is 65.1 cm³/mol. The molecule has 1 aromatic rings. The Morgan fingerprint density at radius 1 is 1.44 bits per heavy atom. The Kier molecular flexibility index (Phi) is 4.02. The second-order valence-corrected chi connectivity index (χ2v) is 4.59. The number of aromatic nitrogens is 1. The van der Waals surface area contributed by atoms with Crippen LogP contribution >= 0.6 is 11.6 Å². The second-order valence-electron chi connectivity index (χ2n) is 4.20. The highest BCUT2D eigenvalue weighted by atomic mass is 35.5. The van der Waals surface area contributed by atoms with Crippen molar-refractivity contribution in [1.29, 1.82) is 0 Å². The topological polar surface area (TPSA) is 34.1 Å². The minimum atomic E-state index is 0.492. The maximum absolute atomic E-state index is 5.84. The summed E-state index contributed by atoms with van der Waals surface area (Å²) in [4.78, 5) is 4.18. The van der Waals surface area contributed by atoms with E-state index >= 15 is 0 Å². The highest BCUT2D eigenvalue weighted by molar-refractivity contribution is 6.29. The first-order valence-electron chi connectivity index (χ1n) is 5.69. The zero-order valence-electron chi connectivity index (χ0n) is 9.50. The van der Waals surface area contributed by atoms with E-state index in [1.54, 1.807) is 7.11 Å². The minimum absolute atomic E-state index is 0.492. The fourth-order valence-electron chi connectivity index (χ4n) is 2.18. The standard InChI is InChI=1S/C12H17ClN2O/c1-16-12-10(2-3-11(13)15-12)8-9-4-6-14-7-5-9/h2-3,9,14H,4-8H2,1H3. The van der Waals surface area contributed by atoms with Gasteiger partial charge in [-0.1, -0.05) is 17.7 Å². The number of nitrogens with zero attached hydrogens (tertiary/aromatic N) is 1. The first-order chi connectivity index (χ1) is 7.79. The summed E-state index contributed by atoms with van der Waals surface area (Å²) in [5, 5.41) is 3.86. The lowest BCUT2D eigenvalue weighted by Gasteiger charge is -2.23. The molecule has 2 heterocycles. The third kappa shape index (κ3) is 2.86. The van der Waals surface area contributed by atoms with Gasteiger partial charge in [-0.25, -0.2) is 4.98 Å². The number of methoxy groups -OCH3 is 1. The maximum Gasteiger partial charge on any atom is 0.217 e. The van der Waals surface area contributed by atoms with Crippen molar-refractivity contribution in [3.8, 4) is 5.88 Å². The van der Waals surface area contributed by atoms with Gasteiger partial charge in [0.2, 0.25) is 5.88 Å². The number of hydrogen-bond acceptors (Lipinski definition) is 3. The number of rotatable bonds is 3. The van der Waals surface area contributed by atoms with Gasteiger partial charge in [-0.2, -0.15) is 0 Å². The number of nitrogens with one attached hydrogen (secondary N) is 1. The molecule has 0 radical (unpaired) electrons. The molecular formula is C12H17ClN2O. The zero-order valence-corrected chi connectivity index (χ0v) is 10.3. The summed E-state index contributed by atoms with van der Waals surface area (Å²) < 4.78 is 5.26. The fourth-order valence-corrected chi connectivity index (χ4v) is 2.32. The van der Waals surface area contributed by atoms with Gasteiger partial charge in [-0.15, -0.1) is 0 Å². The molecule has 0 aliphatic carbocycles. The SMILES string of the molecule is COc1nc(Cl)ccc1CC1CCNCC1. The van der Waals surface area contributed by atoms with Gasteiger partial charge in [0, 0.05) is 5.56 Å². The van der Waals surface area contributed by atoms with Crippen molar-refractivity contribution in [1.82, 2.24) is 10.3 Å². The maximum atomic E-state index is 5.84. The Hall–Kier alpha value is -0.800. The average molecular weight is 241 g/mol. The van der Waals surface area contributed by atoms with E-state index in [0.29, 0.717) is 11.0 Å². The van der Waals surface area contributed by atoms with E-state index < -0.39 is 0 Å². The largest absolute Gasteiger partial charge is 0.481 e. The van der Waals surface area contributed by atoms with Gasteiger partial charge in [0.1, 0.15) is 5.15 Å². The van der Waals surface area contributed by atoms with Gasteiger partial charge < -0.3 is 10.1 Å². The molecule has 1 fully saturated rings. The lowest BCUT2D eigenvalue weighted by Crippen LogP contribution is -2.28. The summed E-state index contributed by atoms with van der Waals surface area (Å²) in [6.45, 7) is 2.24. The molecule has 0 aromatic carbocycles. The van der Waals surface area contributed by atoms with Crippen LogP contribution in [0, 0.1) is 5.92 Å². The number of piperidine rings is 1. The van der Waals surface area contributed by atoms with E-state index in [1.165, 1.54) is 18.4 Å². The molecule has 0 bridgehead atoms. The Bertz CT molecular complexity index is 351. The minimum Gasteiger partial charge on any atom is -0.481 e. The normalized spacial score (nSPS) is 17.4. The number of ether oxygens (including phenoxy) is 1. The highest BCUT2D eigenvalue weighted by Crippen LogP contribution is 2.25. The van der Waals surface area contributed by atoms with Crippen molar-refractivity contribution in [2.45, 2.75) is 19.3 Å². The van der Waals surface area contributed by atoms with Crippen LogP contribution in [0.2, 0.25) is 5.15 Å². The third-order valence-corrected chi connectivity index (χ3v) is 3.28. The summed E-state index contributed by atoms with van der Waals surface area (Å²) in [5.74, 6) is 1.41. The first-order valence-corrected chi connectivity index (χ1v) is 6.07. The van der Waals surface area contributed by atoms with Crippen molar-refractivity contribution in [3.63, 3.8) is 0 Å². The van der Waals surface area contributed by atoms with Crippen LogP contribution in [0.4, 0.5) is 0 Å². The summed E-state index contributed by atoms with van der Waals surface area (Å²) in [5.41, 5.74) is 1.17. The molecule has 1 aromatic heterocycles. The quantitative estimate of drug-likeness (QED) is 0.824. The van der Waals surface area contributed by atoms with Crippen LogP contribution in [0.5, 0.6) is 5.88 Å². The molecule has 1 aliphatic rings. The van der Waals surface area contributed by atoms with E-state index in [2.05, 4.69) is 10.3 Å². The van der Waals surface area contributed by atoms with Crippen molar-refractivity contribution in [2.75, 3.05) is 20.2 Å².